The van der Waals surface area contributed by atoms with E-state index in [2.05, 4.69) is 5.48 Å². The van der Waals surface area contributed by atoms with Gasteiger partial charge in [-0.15, -0.1) is 0 Å². The van der Waals surface area contributed by atoms with Crippen LogP contribution in [-0.2, 0) is 24.2 Å². The summed E-state index contributed by atoms with van der Waals surface area (Å²) in [5.74, 6) is -0.618. The normalized spacial score (nSPS) is 21.4. The average Bonchev–Trinajstić information content (AvgIpc) is 2.84. The van der Waals surface area contributed by atoms with E-state index in [-0.39, 0.29) is 17.7 Å². The number of amides is 1. The molecule has 1 amide bonds. The van der Waals surface area contributed by atoms with Gasteiger partial charge in [-0.05, 0) is 82.2 Å². The second kappa shape index (κ2) is 10.6. The largest absolute Gasteiger partial charge is 0.350 e. The Kier molecular flexibility index (Phi) is 7.76. The number of nitrogens with one attached hydrogen (secondary N) is 1. The lowest BCUT2D eigenvalue weighted by Crippen LogP contribution is -2.58. The number of likely N-dealkylation sites (tertiary alicyclic amines) is 1. The number of hydrogen-bond donors (Lipinski definition) is 1. The monoisotopic (exact) mass is 490 g/mol. The third-order valence-electron chi connectivity index (χ3n) is 6.26. The van der Waals surface area contributed by atoms with Crippen LogP contribution in [0.1, 0.15) is 32.1 Å². The van der Waals surface area contributed by atoms with Crippen LogP contribution in [0.3, 0.4) is 0 Å². The van der Waals surface area contributed by atoms with Gasteiger partial charge in [-0.3, -0.25) is 4.79 Å². The highest BCUT2D eigenvalue weighted by atomic mass is 32.2. The molecule has 2 heterocycles. The third kappa shape index (κ3) is 5.44. The Morgan fingerprint density at radius 2 is 1.73 bits per heavy atom. The number of hydroxylamine groups is 1. The summed E-state index contributed by atoms with van der Waals surface area (Å²) >= 11 is 1.56. The van der Waals surface area contributed by atoms with Crippen LogP contribution in [-0.4, -0.2) is 57.0 Å². The van der Waals surface area contributed by atoms with Gasteiger partial charge in [0.25, 0.3) is 5.91 Å². The van der Waals surface area contributed by atoms with Gasteiger partial charge < -0.3 is 9.64 Å². The minimum Gasteiger partial charge on any atom is -0.350 e. The van der Waals surface area contributed by atoms with Crippen LogP contribution in [0.15, 0.2) is 69.3 Å². The SMILES string of the molecule is CN1CCC(C(=O)NOC2CCCCO2)(S(=O)(=O)c2ccc(Sc3ccccc3)cc2)CC1. The van der Waals surface area contributed by atoms with Gasteiger partial charge in [0.05, 0.1) is 4.90 Å². The first-order chi connectivity index (χ1) is 15.9. The Bertz CT molecular complexity index is 1030. The van der Waals surface area contributed by atoms with E-state index in [4.69, 9.17) is 9.57 Å². The topological polar surface area (TPSA) is 84.9 Å². The predicted octanol–water partition coefficient (Wildman–Crippen LogP) is 3.65. The van der Waals surface area contributed by atoms with E-state index in [9.17, 15) is 13.2 Å². The zero-order chi connectivity index (χ0) is 23.3. The van der Waals surface area contributed by atoms with Crippen molar-refractivity contribution in [1.82, 2.24) is 10.4 Å². The molecule has 2 aliphatic rings. The smallest absolute Gasteiger partial charge is 0.265 e. The molecule has 2 fully saturated rings. The van der Waals surface area contributed by atoms with Crippen LogP contribution < -0.4 is 5.48 Å². The van der Waals surface area contributed by atoms with Crippen LogP contribution in [0.2, 0.25) is 0 Å². The number of hydrogen-bond acceptors (Lipinski definition) is 7. The quantitative estimate of drug-likeness (QED) is 0.593. The molecule has 1 N–H and O–H groups in total. The maximum absolute atomic E-state index is 13.8. The van der Waals surface area contributed by atoms with E-state index >= 15 is 0 Å². The van der Waals surface area contributed by atoms with Crippen molar-refractivity contribution in [1.29, 1.82) is 0 Å². The molecule has 1 atom stereocenters. The Morgan fingerprint density at radius 1 is 1.06 bits per heavy atom. The van der Waals surface area contributed by atoms with Crippen LogP contribution in [0.5, 0.6) is 0 Å². The molecular formula is C24H30N2O5S2. The lowest BCUT2D eigenvalue weighted by molar-refractivity contribution is -0.202. The van der Waals surface area contributed by atoms with E-state index in [1.54, 1.807) is 36.0 Å². The number of sulfone groups is 1. The summed E-state index contributed by atoms with van der Waals surface area (Å²) in [6, 6.07) is 16.7. The highest BCUT2D eigenvalue weighted by molar-refractivity contribution is 7.99. The van der Waals surface area contributed by atoms with Crippen molar-refractivity contribution in [2.24, 2.45) is 0 Å². The molecule has 7 nitrogen and oxygen atoms in total. The second-order valence-electron chi connectivity index (χ2n) is 8.53. The van der Waals surface area contributed by atoms with Gasteiger partial charge in [-0.25, -0.2) is 18.7 Å². The fourth-order valence-corrected chi connectivity index (χ4v) is 6.94. The highest BCUT2D eigenvalue weighted by Gasteiger charge is 2.53. The third-order valence-corrected chi connectivity index (χ3v) is 9.79. The summed E-state index contributed by atoms with van der Waals surface area (Å²) in [7, 11) is -2.03. The number of ether oxygens (including phenoxy) is 1. The van der Waals surface area contributed by atoms with Crippen molar-refractivity contribution in [2.75, 3.05) is 26.7 Å². The van der Waals surface area contributed by atoms with Gasteiger partial charge in [0.15, 0.2) is 20.9 Å². The lowest BCUT2D eigenvalue weighted by atomic mass is 9.95. The first kappa shape index (κ1) is 24.2. The van der Waals surface area contributed by atoms with Gasteiger partial charge in [0, 0.05) is 22.8 Å². The van der Waals surface area contributed by atoms with Gasteiger partial charge in [-0.1, -0.05) is 30.0 Å². The first-order valence-corrected chi connectivity index (χ1v) is 13.5. The molecule has 9 heteroatoms. The minimum atomic E-state index is -3.96. The zero-order valence-electron chi connectivity index (χ0n) is 18.7. The van der Waals surface area contributed by atoms with Crippen LogP contribution in [0, 0.1) is 0 Å². The number of carbonyl (C=O) groups is 1. The molecule has 2 saturated heterocycles. The van der Waals surface area contributed by atoms with Crippen LogP contribution in [0.25, 0.3) is 0 Å². The van der Waals surface area contributed by atoms with Crippen LogP contribution in [0.4, 0.5) is 0 Å². The molecule has 178 valence electrons. The highest BCUT2D eigenvalue weighted by Crippen LogP contribution is 2.37. The molecule has 0 saturated carbocycles. The van der Waals surface area contributed by atoms with Gasteiger partial charge in [0.2, 0.25) is 0 Å². The molecule has 2 aliphatic heterocycles. The Morgan fingerprint density at radius 3 is 2.36 bits per heavy atom. The summed E-state index contributed by atoms with van der Waals surface area (Å²) in [5, 5.41) is 0. The molecule has 0 aromatic heterocycles. The molecule has 4 rings (SSSR count). The Hall–Kier alpha value is -1.91. The summed E-state index contributed by atoms with van der Waals surface area (Å²) in [6.45, 7) is 1.59. The zero-order valence-corrected chi connectivity index (χ0v) is 20.4. The van der Waals surface area contributed by atoms with E-state index in [0.29, 0.717) is 26.1 Å². The average molecular weight is 491 g/mol. The molecule has 2 aromatic rings. The van der Waals surface area contributed by atoms with Crippen molar-refractivity contribution in [3.8, 4) is 0 Å². The summed E-state index contributed by atoms with van der Waals surface area (Å²) in [4.78, 5) is 22.9. The molecule has 33 heavy (non-hydrogen) atoms. The molecule has 0 aliphatic carbocycles. The molecule has 1 unspecified atom stereocenters. The maximum atomic E-state index is 13.8. The van der Waals surface area contributed by atoms with E-state index < -0.39 is 26.8 Å². The summed E-state index contributed by atoms with van der Waals surface area (Å²) in [6.07, 6.45) is 2.44. The van der Waals surface area contributed by atoms with Crippen molar-refractivity contribution in [2.45, 2.75) is 57.8 Å². The number of benzene rings is 2. The van der Waals surface area contributed by atoms with Crippen molar-refractivity contribution < 1.29 is 22.8 Å². The first-order valence-electron chi connectivity index (χ1n) is 11.2. The van der Waals surface area contributed by atoms with Crippen molar-refractivity contribution >= 4 is 27.5 Å². The molecule has 2 aromatic carbocycles. The fourth-order valence-electron chi connectivity index (χ4n) is 4.15. The molecule has 0 radical (unpaired) electrons. The van der Waals surface area contributed by atoms with Gasteiger partial charge in [0.1, 0.15) is 0 Å². The number of nitrogens with zero attached hydrogens (tertiary/aromatic N) is 1. The molecular weight excluding hydrogens is 460 g/mol. The standard InChI is InChI=1S/C24H30N2O5S2/c1-26-16-14-24(15-17-26,23(27)25-31-22-9-5-6-18-30-22)33(28,29)21-12-10-20(11-13-21)32-19-7-3-2-4-8-19/h2-4,7-8,10-13,22H,5-6,9,14-18H2,1H3,(H,25,27). The minimum absolute atomic E-state index is 0.147. The fraction of sp³-hybridized carbons (Fsp3) is 0.458. The van der Waals surface area contributed by atoms with Gasteiger partial charge >= 0.3 is 0 Å². The number of piperidine rings is 1. The predicted molar refractivity (Wildman–Crippen MR) is 126 cm³/mol. The number of carbonyl (C=O) groups excluding carboxylic acids is 1. The van der Waals surface area contributed by atoms with E-state index in [1.807, 2.05) is 42.3 Å². The Balaban J connectivity index is 1.54. The van der Waals surface area contributed by atoms with Crippen LogP contribution >= 0.6 is 11.8 Å². The summed E-state index contributed by atoms with van der Waals surface area (Å²) < 4.78 is 31.5. The lowest BCUT2D eigenvalue weighted by Gasteiger charge is -2.38. The maximum Gasteiger partial charge on any atom is 0.265 e. The summed E-state index contributed by atoms with van der Waals surface area (Å²) in [5.41, 5.74) is 2.43. The van der Waals surface area contributed by atoms with Crippen molar-refractivity contribution in [3.05, 3.63) is 54.6 Å². The molecule has 0 spiro atoms. The number of rotatable bonds is 7. The van der Waals surface area contributed by atoms with Crippen molar-refractivity contribution in [3.63, 3.8) is 0 Å². The van der Waals surface area contributed by atoms with Gasteiger partial charge in [-0.2, -0.15) is 0 Å². The second-order valence-corrected chi connectivity index (χ2v) is 11.9. The van der Waals surface area contributed by atoms with E-state index in [0.717, 1.165) is 22.6 Å². The van der Waals surface area contributed by atoms with E-state index in [1.165, 1.54) is 0 Å². The Labute approximate surface area is 199 Å². The molecule has 0 bridgehead atoms.